The fourth-order valence-corrected chi connectivity index (χ4v) is 5.30. The van der Waals surface area contributed by atoms with E-state index in [0.717, 1.165) is 44.1 Å². The Bertz CT molecular complexity index is 537. The minimum atomic E-state index is -3.36. The number of hydrogen-bond donors (Lipinski definition) is 0. The molecule has 0 aliphatic carbocycles. The van der Waals surface area contributed by atoms with Gasteiger partial charge in [0.05, 0.1) is 4.90 Å². The Kier molecular flexibility index (Phi) is 5.44. The van der Waals surface area contributed by atoms with E-state index < -0.39 is 10.0 Å². The third kappa shape index (κ3) is 3.49. The second kappa shape index (κ2) is 6.93. The third-order valence-corrected chi connectivity index (χ3v) is 6.41. The van der Waals surface area contributed by atoms with Crippen LogP contribution in [0.3, 0.4) is 0 Å². The lowest BCUT2D eigenvalue weighted by Crippen LogP contribution is -2.41. The second-order valence-electron chi connectivity index (χ2n) is 6.11. The molecule has 2 rings (SSSR count). The highest BCUT2D eigenvalue weighted by Crippen LogP contribution is 2.35. The highest BCUT2D eigenvalue weighted by molar-refractivity contribution is 7.89. The van der Waals surface area contributed by atoms with E-state index in [1.807, 2.05) is 23.4 Å². The molecule has 1 aromatic rings. The Morgan fingerprint density at radius 3 is 1.90 bits per heavy atom. The summed E-state index contributed by atoms with van der Waals surface area (Å²) in [5.74, 6) is 0. The van der Waals surface area contributed by atoms with Gasteiger partial charge in [-0.2, -0.15) is 4.31 Å². The maximum Gasteiger partial charge on any atom is 0.243 e. The monoisotopic (exact) mass is 309 g/mol. The quantitative estimate of drug-likeness (QED) is 0.793. The molecular formula is C17H27NO2S. The van der Waals surface area contributed by atoms with Crippen molar-refractivity contribution in [3.8, 4) is 0 Å². The van der Waals surface area contributed by atoms with Crippen molar-refractivity contribution in [2.24, 2.45) is 0 Å². The van der Waals surface area contributed by atoms with E-state index in [-0.39, 0.29) is 12.1 Å². The van der Waals surface area contributed by atoms with Gasteiger partial charge < -0.3 is 0 Å². The first kappa shape index (κ1) is 16.5. The standard InChI is InChI=1S/C17H27NO2S/c1-4-6-15-10-11-16(7-5-2)18(15)21(19,20)17-12-8-14(3)9-13-17/h8-9,12-13,15-16H,4-7,10-11H2,1-3H3. The molecule has 2 atom stereocenters. The summed E-state index contributed by atoms with van der Waals surface area (Å²) >= 11 is 0. The molecule has 1 heterocycles. The first-order valence-electron chi connectivity index (χ1n) is 8.11. The van der Waals surface area contributed by atoms with E-state index in [1.165, 1.54) is 0 Å². The highest BCUT2D eigenvalue weighted by Gasteiger charge is 2.40. The number of sulfonamides is 1. The lowest BCUT2D eigenvalue weighted by Gasteiger charge is -2.29. The minimum absolute atomic E-state index is 0.179. The Morgan fingerprint density at radius 1 is 1.00 bits per heavy atom. The molecule has 118 valence electrons. The molecule has 0 radical (unpaired) electrons. The summed E-state index contributed by atoms with van der Waals surface area (Å²) < 4.78 is 27.9. The van der Waals surface area contributed by atoms with Crippen molar-refractivity contribution in [2.75, 3.05) is 0 Å². The number of aryl methyl sites for hydroxylation is 1. The average molecular weight is 309 g/mol. The molecule has 1 aromatic carbocycles. The molecule has 0 bridgehead atoms. The summed E-state index contributed by atoms with van der Waals surface area (Å²) in [6.45, 7) is 6.24. The predicted octanol–water partition coefficient (Wildman–Crippen LogP) is 4.12. The number of benzene rings is 1. The third-order valence-electron chi connectivity index (χ3n) is 4.39. The summed E-state index contributed by atoms with van der Waals surface area (Å²) in [4.78, 5) is 0.442. The lowest BCUT2D eigenvalue weighted by molar-refractivity contribution is 0.296. The van der Waals surface area contributed by atoms with Gasteiger partial charge >= 0.3 is 0 Å². The molecular weight excluding hydrogens is 282 g/mol. The van der Waals surface area contributed by atoms with Crippen LogP contribution in [0, 0.1) is 6.92 Å². The Labute approximate surface area is 129 Å². The molecule has 2 unspecified atom stereocenters. The van der Waals surface area contributed by atoms with Crippen molar-refractivity contribution in [3.05, 3.63) is 29.8 Å². The zero-order chi connectivity index (χ0) is 15.5. The van der Waals surface area contributed by atoms with Crippen molar-refractivity contribution in [3.63, 3.8) is 0 Å². The van der Waals surface area contributed by atoms with Crippen LogP contribution in [0.25, 0.3) is 0 Å². The Balaban J connectivity index is 2.34. The van der Waals surface area contributed by atoms with Gasteiger partial charge in [0, 0.05) is 12.1 Å². The highest BCUT2D eigenvalue weighted by atomic mass is 32.2. The largest absolute Gasteiger partial charge is 0.243 e. The summed E-state index contributed by atoms with van der Waals surface area (Å²) in [5.41, 5.74) is 1.09. The van der Waals surface area contributed by atoms with Crippen molar-refractivity contribution in [1.82, 2.24) is 4.31 Å². The van der Waals surface area contributed by atoms with E-state index in [0.29, 0.717) is 4.90 Å². The second-order valence-corrected chi connectivity index (χ2v) is 7.95. The van der Waals surface area contributed by atoms with Crippen LogP contribution in [0.4, 0.5) is 0 Å². The topological polar surface area (TPSA) is 37.4 Å². The normalized spacial score (nSPS) is 23.6. The maximum absolute atomic E-state index is 13.0. The summed E-state index contributed by atoms with van der Waals surface area (Å²) in [6.07, 6.45) is 6.00. The van der Waals surface area contributed by atoms with E-state index >= 15 is 0 Å². The minimum Gasteiger partial charge on any atom is -0.207 e. The van der Waals surface area contributed by atoms with Gasteiger partial charge in [-0.15, -0.1) is 0 Å². The van der Waals surface area contributed by atoms with Crippen molar-refractivity contribution in [2.45, 2.75) is 76.3 Å². The molecule has 0 amide bonds. The first-order chi connectivity index (χ1) is 10.0. The van der Waals surface area contributed by atoms with E-state index in [4.69, 9.17) is 0 Å². The SMILES string of the molecule is CCCC1CCC(CCC)N1S(=O)(=O)c1ccc(C)cc1. The number of rotatable bonds is 6. The lowest BCUT2D eigenvalue weighted by atomic mass is 10.1. The fraction of sp³-hybridized carbons (Fsp3) is 0.647. The van der Waals surface area contributed by atoms with Gasteiger partial charge in [-0.05, 0) is 44.7 Å². The smallest absolute Gasteiger partial charge is 0.207 e. The van der Waals surface area contributed by atoms with Crippen LogP contribution < -0.4 is 0 Å². The molecule has 0 aromatic heterocycles. The van der Waals surface area contributed by atoms with Crippen LogP contribution in [0.2, 0.25) is 0 Å². The van der Waals surface area contributed by atoms with Crippen molar-refractivity contribution in [1.29, 1.82) is 0 Å². The predicted molar refractivity (Wildman–Crippen MR) is 86.8 cm³/mol. The van der Waals surface area contributed by atoms with Crippen LogP contribution in [-0.4, -0.2) is 24.8 Å². The molecule has 1 aliphatic rings. The van der Waals surface area contributed by atoms with Gasteiger partial charge in [0.15, 0.2) is 0 Å². The zero-order valence-electron chi connectivity index (χ0n) is 13.4. The molecule has 3 nitrogen and oxygen atoms in total. The molecule has 0 spiro atoms. The number of hydrogen-bond acceptors (Lipinski definition) is 2. The van der Waals surface area contributed by atoms with Crippen molar-refractivity contribution >= 4 is 10.0 Å². The van der Waals surface area contributed by atoms with E-state index in [1.54, 1.807) is 12.1 Å². The van der Waals surface area contributed by atoms with Crippen LogP contribution in [-0.2, 0) is 10.0 Å². The van der Waals surface area contributed by atoms with Crippen LogP contribution >= 0.6 is 0 Å². The van der Waals surface area contributed by atoms with E-state index in [2.05, 4.69) is 13.8 Å². The fourth-order valence-electron chi connectivity index (χ4n) is 3.37. The van der Waals surface area contributed by atoms with Crippen LogP contribution in [0.1, 0.15) is 57.9 Å². The molecule has 0 saturated carbocycles. The molecule has 1 fully saturated rings. The summed E-state index contributed by atoms with van der Waals surface area (Å²) in [5, 5.41) is 0. The summed E-state index contributed by atoms with van der Waals surface area (Å²) in [7, 11) is -3.36. The average Bonchev–Trinajstić information content (AvgIpc) is 2.84. The Morgan fingerprint density at radius 2 is 1.48 bits per heavy atom. The zero-order valence-corrected chi connectivity index (χ0v) is 14.2. The maximum atomic E-state index is 13.0. The van der Waals surface area contributed by atoms with Crippen LogP contribution in [0.5, 0.6) is 0 Å². The van der Waals surface area contributed by atoms with Gasteiger partial charge in [0.2, 0.25) is 10.0 Å². The molecule has 1 aliphatic heterocycles. The van der Waals surface area contributed by atoms with Gasteiger partial charge in [-0.25, -0.2) is 8.42 Å². The van der Waals surface area contributed by atoms with Gasteiger partial charge in [-0.3, -0.25) is 0 Å². The number of nitrogens with zero attached hydrogens (tertiary/aromatic N) is 1. The van der Waals surface area contributed by atoms with E-state index in [9.17, 15) is 8.42 Å². The van der Waals surface area contributed by atoms with Crippen LogP contribution in [0.15, 0.2) is 29.2 Å². The molecule has 21 heavy (non-hydrogen) atoms. The summed E-state index contributed by atoms with van der Waals surface area (Å²) in [6, 6.07) is 7.61. The van der Waals surface area contributed by atoms with Gasteiger partial charge in [0.1, 0.15) is 0 Å². The van der Waals surface area contributed by atoms with Gasteiger partial charge in [0.25, 0.3) is 0 Å². The molecule has 0 N–H and O–H groups in total. The molecule has 1 saturated heterocycles. The Hall–Kier alpha value is -0.870. The van der Waals surface area contributed by atoms with Gasteiger partial charge in [-0.1, -0.05) is 44.4 Å². The van der Waals surface area contributed by atoms with Crippen molar-refractivity contribution < 1.29 is 8.42 Å². The first-order valence-corrected chi connectivity index (χ1v) is 9.55. The molecule has 4 heteroatoms.